The lowest BCUT2D eigenvalue weighted by atomic mass is 10.0. The Bertz CT molecular complexity index is 805. The van der Waals surface area contributed by atoms with Crippen molar-refractivity contribution in [3.8, 4) is 0 Å². The average Bonchev–Trinajstić information content (AvgIpc) is 3.30. The average molecular weight is 358 g/mol. The first-order valence-electron chi connectivity index (χ1n) is 8.58. The molecule has 0 aromatic carbocycles. The zero-order valence-corrected chi connectivity index (χ0v) is 15.0. The summed E-state index contributed by atoms with van der Waals surface area (Å²) in [4.78, 5) is 26.1. The van der Waals surface area contributed by atoms with E-state index in [9.17, 15) is 4.79 Å². The molecule has 1 saturated heterocycles. The van der Waals surface area contributed by atoms with Crippen molar-refractivity contribution in [1.29, 1.82) is 0 Å². The number of amides is 1. The van der Waals surface area contributed by atoms with Crippen LogP contribution in [-0.4, -0.2) is 68.2 Å². The molecule has 138 valence electrons. The van der Waals surface area contributed by atoms with Gasteiger partial charge < -0.3 is 9.80 Å². The highest BCUT2D eigenvalue weighted by Crippen LogP contribution is 2.28. The van der Waals surface area contributed by atoms with Gasteiger partial charge in [0, 0.05) is 32.7 Å². The molecule has 0 bridgehead atoms. The molecule has 2 unspecified atom stereocenters. The number of tetrazole rings is 1. The topological polar surface area (TPSA) is 117 Å². The van der Waals surface area contributed by atoms with E-state index in [2.05, 4.69) is 36.3 Å². The first-order valence-corrected chi connectivity index (χ1v) is 8.58. The van der Waals surface area contributed by atoms with E-state index in [1.54, 1.807) is 4.68 Å². The maximum atomic E-state index is 13.1. The Balaban J connectivity index is 1.56. The van der Waals surface area contributed by atoms with Gasteiger partial charge in [0.05, 0.1) is 18.2 Å². The van der Waals surface area contributed by atoms with E-state index < -0.39 is 0 Å². The number of hydrazine groups is 1. The molecule has 2 aromatic heterocycles. The summed E-state index contributed by atoms with van der Waals surface area (Å²) < 4.78 is 1.57. The van der Waals surface area contributed by atoms with Crippen molar-refractivity contribution < 1.29 is 4.79 Å². The van der Waals surface area contributed by atoms with Gasteiger partial charge in [-0.3, -0.25) is 10.2 Å². The molecule has 2 aromatic rings. The summed E-state index contributed by atoms with van der Waals surface area (Å²) in [5.41, 5.74) is 8.17. The first-order chi connectivity index (χ1) is 12.5. The Hall–Kier alpha value is -2.66. The van der Waals surface area contributed by atoms with Crippen LogP contribution in [0.3, 0.4) is 0 Å². The van der Waals surface area contributed by atoms with Gasteiger partial charge in [0.15, 0.2) is 0 Å². The number of fused-ring (bicyclic) bond motifs is 1. The largest absolute Gasteiger partial charge is 0.362 e. The van der Waals surface area contributed by atoms with Crippen LogP contribution in [0.15, 0.2) is 6.33 Å². The number of hydrogen-bond donors (Lipinski definition) is 2. The van der Waals surface area contributed by atoms with Gasteiger partial charge in [-0.15, -0.1) is 5.10 Å². The van der Waals surface area contributed by atoms with E-state index in [0.717, 1.165) is 29.3 Å². The Morgan fingerprint density at radius 2 is 2.19 bits per heavy atom. The van der Waals surface area contributed by atoms with Crippen LogP contribution in [0.2, 0.25) is 0 Å². The molecule has 2 aliphatic rings. The second-order valence-electron chi connectivity index (χ2n) is 6.79. The fourth-order valence-electron chi connectivity index (χ4n) is 3.58. The van der Waals surface area contributed by atoms with Crippen molar-refractivity contribution in [2.45, 2.75) is 26.1 Å². The number of carbonyl (C=O) groups excluding carboxylic acids is 1. The lowest BCUT2D eigenvalue weighted by Gasteiger charge is -2.32. The van der Waals surface area contributed by atoms with Crippen molar-refractivity contribution in [2.75, 3.05) is 32.1 Å². The third kappa shape index (κ3) is 2.88. The summed E-state index contributed by atoms with van der Waals surface area (Å²) in [6, 6.07) is 0. The highest BCUT2D eigenvalue weighted by atomic mass is 16.2. The smallest absolute Gasteiger partial charge is 0.230 e. The molecule has 1 fully saturated rings. The minimum atomic E-state index is -0.302. The Labute approximate surface area is 150 Å². The second kappa shape index (κ2) is 6.57. The molecule has 1 amide bonds. The van der Waals surface area contributed by atoms with Gasteiger partial charge in [-0.25, -0.2) is 20.1 Å². The molecule has 26 heavy (non-hydrogen) atoms. The summed E-state index contributed by atoms with van der Waals surface area (Å²) in [6.45, 7) is 3.56. The van der Waals surface area contributed by atoms with Crippen molar-refractivity contribution in [2.24, 2.45) is 5.92 Å². The summed E-state index contributed by atoms with van der Waals surface area (Å²) in [5.74, 6) is 1.44. The Kier molecular flexibility index (Phi) is 4.24. The predicted octanol–water partition coefficient (Wildman–Crippen LogP) is -1.35. The third-order valence-electron chi connectivity index (χ3n) is 4.81. The maximum Gasteiger partial charge on any atom is 0.230 e. The fourth-order valence-corrected chi connectivity index (χ4v) is 3.58. The van der Waals surface area contributed by atoms with Crippen LogP contribution >= 0.6 is 0 Å². The van der Waals surface area contributed by atoms with Gasteiger partial charge in [0.1, 0.15) is 24.1 Å². The van der Waals surface area contributed by atoms with Gasteiger partial charge in [-0.05, 0) is 23.8 Å². The Morgan fingerprint density at radius 3 is 2.92 bits per heavy atom. The van der Waals surface area contributed by atoms with E-state index in [0.29, 0.717) is 19.6 Å². The number of nitrogens with zero attached hydrogens (tertiary/aromatic N) is 8. The molecule has 2 atom stereocenters. The molecule has 0 saturated carbocycles. The predicted molar refractivity (Wildman–Crippen MR) is 91.7 cm³/mol. The van der Waals surface area contributed by atoms with Crippen LogP contribution in [0, 0.1) is 12.8 Å². The minimum absolute atomic E-state index is 0.0660. The number of anilines is 1. The lowest BCUT2D eigenvalue weighted by Crippen LogP contribution is -2.43. The summed E-state index contributed by atoms with van der Waals surface area (Å²) >= 11 is 0. The zero-order valence-electron chi connectivity index (χ0n) is 15.0. The van der Waals surface area contributed by atoms with E-state index in [-0.39, 0.29) is 18.0 Å². The number of aromatic nitrogens is 6. The minimum Gasteiger partial charge on any atom is -0.362 e. The number of aryl methyl sites for hydroxylation is 1. The number of nitrogens with one attached hydrogen (secondary N) is 2. The summed E-state index contributed by atoms with van der Waals surface area (Å²) in [5, 5.41) is 11.2. The zero-order chi connectivity index (χ0) is 18.3. The van der Waals surface area contributed by atoms with E-state index in [4.69, 9.17) is 0 Å². The molecule has 2 N–H and O–H groups in total. The van der Waals surface area contributed by atoms with Crippen LogP contribution in [0.1, 0.15) is 23.2 Å². The highest BCUT2D eigenvalue weighted by molar-refractivity contribution is 5.80. The van der Waals surface area contributed by atoms with Crippen molar-refractivity contribution in [3.05, 3.63) is 23.4 Å². The van der Waals surface area contributed by atoms with E-state index in [1.807, 2.05) is 30.8 Å². The van der Waals surface area contributed by atoms with Crippen LogP contribution in [0.25, 0.3) is 0 Å². The van der Waals surface area contributed by atoms with Crippen molar-refractivity contribution in [3.63, 3.8) is 0 Å². The lowest BCUT2D eigenvalue weighted by molar-refractivity contribution is -0.137. The first kappa shape index (κ1) is 16.8. The molecular weight excluding hydrogens is 336 g/mol. The third-order valence-corrected chi connectivity index (χ3v) is 4.81. The van der Waals surface area contributed by atoms with Gasteiger partial charge >= 0.3 is 0 Å². The van der Waals surface area contributed by atoms with Gasteiger partial charge in [-0.2, -0.15) is 0 Å². The van der Waals surface area contributed by atoms with Gasteiger partial charge in [0.25, 0.3) is 0 Å². The molecule has 2 aliphatic heterocycles. The van der Waals surface area contributed by atoms with Crippen molar-refractivity contribution >= 4 is 11.7 Å². The van der Waals surface area contributed by atoms with Gasteiger partial charge in [-0.1, -0.05) is 0 Å². The number of rotatable bonds is 3. The quantitative estimate of drug-likeness (QED) is 0.686. The number of hydrogen-bond acceptors (Lipinski definition) is 9. The second-order valence-corrected chi connectivity index (χ2v) is 6.79. The Morgan fingerprint density at radius 1 is 1.35 bits per heavy atom. The molecule has 11 heteroatoms. The number of carbonyl (C=O) groups is 1. The molecule has 4 heterocycles. The molecule has 0 aliphatic carbocycles. The summed E-state index contributed by atoms with van der Waals surface area (Å²) in [7, 11) is 3.96. The summed E-state index contributed by atoms with van der Waals surface area (Å²) in [6.07, 6.45) is 1.96. The molecular formula is C15H22N10O. The molecule has 4 rings (SSSR count). The van der Waals surface area contributed by atoms with Gasteiger partial charge in [0.2, 0.25) is 5.91 Å². The maximum absolute atomic E-state index is 13.1. The molecule has 0 spiro atoms. The van der Waals surface area contributed by atoms with Crippen molar-refractivity contribution in [1.82, 2.24) is 45.9 Å². The van der Waals surface area contributed by atoms with E-state index >= 15 is 0 Å². The fraction of sp³-hybridized carbons (Fsp3) is 0.600. The molecule has 11 nitrogen and oxygen atoms in total. The van der Waals surface area contributed by atoms with E-state index in [1.165, 1.54) is 6.33 Å². The monoisotopic (exact) mass is 358 g/mol. The van der Waals surface area contributed by atoms with Crippen LogP contribution in [0.5, 0.6) is 0 Å². The highest BCUT2D eigenvalue weighted by Gasteiger charge is 2.38. The molecule has 0 radical (unpaired) electrons. The normalized spacial score (nSPS) is 22.3. The van der Waals surface area contributed by atoms with Crippen LogP contribution < -0.4 is 15.8 Å². The standard InChI is InChI=1S/C15H22N10O/c1-9-18-12-7-24(5-4-10(12)13(19-9)23(2)3)15(26)11-6-16-20-14(11)25-8-17-21-22-25/h8,11,14,16,20H,4-7H2,1-3H3. The van der Waals surface area contributed by atoms with Crippen LogP contribution in [0.4, 0.5) is 5.82 Å². The SMILES string of the molecule is Cc1nc2c(c(N(C)C)n1)CCN(C(=O)C1CNNC1n1cnnn1)C2. The van der Waals surface area contributed by atoms with Crippen LogP contribution in [-0.2, 0) is 17.8 Å².